The highest BCUT2D eigenvalue weighted by Crippen LogP contribution is 2.29. The van der Waals surface area contributed by atoms with E-state index in [1.807, 2.05) is 6.92 Å². The predicted molar refractivity (Wildman–Crippen MR) is 59.6 cm³/mol. The summed E-state index contributed by atoms with van der Waals surface area (Å²) in [6.45, 7) is 3.48. The highest BCUT2D eigenvalue weighted by atomic mass is 79.9. The number of halogens is 1. The number of hydrogen-bond donors (Lipinski definition) is 1. The molecule has 0 aromatic heterocycles. The number of nitrogens with one attached hydrogen (secondary N) is 1. The summed E-state index contributed by atoms with van der Waals surface area (Å²) in [5, 5.41) is 2.90. The van der Waals surface area contributed by atoms with Crippen molar-refractivity contribution in [1.29, 1.82) is 0 Å². The molecule has 0 aliphatic heterocycles. The number of alkyl halides is 1. The minimum atomic E-state index is 0.00451. The van der Waals surface area contributed by atoms with Crippen molar-refractivity contribution in [2.24, 2.45) is 5.92 Å². The molecule has 82 valence electrons. The molecule has 14 heavy (non-hydrogen) atoms. The molecule has 0 bridgehead atoms. The van der Waals surface area contributed by atoms with Gasteiger partial charge in [0.15, 0.2) is 0 Å². The Kier molecular flexibility index (Phi) is 5.48. The van der Waals surface area contributed by atoms with E-state index in [1.165, 1.54) is 19.3 Å². The molecule has 2 atom stereocenters. The van der Waals surface area contributed by atoms with Gasteiger partial charge in [0.05, 0.1) is 0 Å². The third-order valence-electron chi connectivity index (χ3n) is 2.50. The van der Waals surface area contributed by atoms with Crippen molar-refractivity contribution in [3.8, 4) is 0 Å². The Balaban J connectivity index is 2.05. The Bertz CT molecular complexity index is 187. The Labute approximate surface area is 93.7 Å². The van der Waals surface area contributed by atoms with E-state index in [0.29, 0.717) is 17.4 Å². The lowest BCUT2D eigenvalue weighted by atomic mass is 10.1. The van der Waals surface area contributed by atoms with Crippen molar-refractivity contribution in [1.82, 2.24) is 5.32 Å². The van der Waals surface area contributed by atoms with Gasteiger partial charge in [-0.2, -0.15) is 0 Å². The van der Waals surface area contributed by atoms with E-state index in [-0.39, 0.29) is 12.5 Å². The molecule has 1 N–H and O–H groups in total. The van der Waals surface area contributed by atoms with Gasteiger partial charge < -0.3 is 10.1 Å². The normalized spacial score (nSPS) is 26.4. The minimum Gasteiger partial charge on any atom is -0.372 e. The van der Waals surface area contributed by atoms with Crippen LogP contribution >= 0.6 is 15.9 Å². The maximum atomic E-state index is 11.2. The van der Waals surface area contributed by atoms with E-state index in [0.717, 1.165) is 6.54 Å². The van der Waals surface area contributed by atoms with Crippen LogP contribution in [0.15, 0.2) is 0 Å². The molecule has 4 heteroatoms. The zero-order valence-electron chi connectivity index (χ0n) is 8.59. The van der Waals surface area contributed by atoms with Crippen molar-refractivity contribution in [2.75, 3.05) is 19.8 Å². The molecular weight excluding hydrogens is 246 g/mol. The van der Waals surface area contributed by atoms with Gasteiger partial charge in [0, 0.05) is 18.0 Å². The van der Waals surface area contributed by atoms with Crippen LogP contribution in [0.1, 0.15) is 26.2 Å². The second kappa shape index (κ2) is 6.40. The van der Waals surface area contributed by atoms with Gasteiger partial charge in [-0.05, 0) is 32.1 Å². The summed E-state index contributed by atoms with van der Waals surface area (Å²) in [7, 11) is 0. The summed E-state index contributed by atoms with van der Waals surface area (Å²) in [5.74, 6) is 0.648. The van der Waals surface area contributed by atoms with Gasteiger partial charge >= 0.3 is 0 Å². The zero-order chi connectivity index (χ0) is 10.4. The van der Waals surface area contributed by atoms with Crippen molar-refractivity contribution in [3.05, 3.63) is 0 Å². The Hall–Kier alpha value is -0.0900. The minimum absolute atomic E-state index is 0.00451. The lowest BCUT2D eigenvalue weighted by Crippen LogP contribution is -2.31. The molecule has 0 aromatic rings. The Morgan fingerprint density at radius 1 is 1.57 bits per heavy atom. The van der Waals surface area contributed by atoms with Gasteiger partial charge in [0.2, 0.25) is 5.91 Å². The Morgan fingerprint density at radius 3 is 2.93 bits per heavy atom. The quantitative estimate of drug-likeness (QED) is 0.767. The van der Waals surface area contributed by atoms with Crippen LogP contribution in [0, 0.1) is 5.92 Å². The molecule has 2 unspecified atom stereocenters. The van der Waals surface area contributed by atoms with E-state index in [2.05, 4.69) is 21.2 Å². The van der Waals surface area contributed by atoms with Crippen LogP contribution in [0.4, 0.5) is 0 Å². The number of carbonyl (C=O) groups is 1. The Morgan fingerprint density at radius 2 is 2.36 bits per heavy atom. The van der Waals surface area contributed by atoms with Crippen LogP contribution < -0.4 is 5.32 Å². The summed E-state index contributed by atoms with van der Waals surface area (Å²) in [4.78, 5) is 11.8. The average Bonchev–Trinajstić information content (AvgIpc) is 2.58. The molecule has 3 nitrogen and oxygen atoms in total. The highest BCUT2D eigenvalue weighted by Gasteiger charge is 2.22. The summed E-state index contributed by atoms with van der Waals surface area (Å²) in [6.07, 6.45) is 3.62. The van der Waals surface area contributed by atoms with Crippen molar-refractivity contribution < 1.29 is 9.53 Å². The van der Waals surface area contributed by atoms with E-state index in [4.69, 9.17) is 4.74 Å². The summed E-state index contributed by atoms with van der Waals surface area (Å²) in [5.41, 5.74) is 0. The maximum Gasteiger partial charge on any atom is 0.246 e. The van der Waals surface area contributed by atoms with E-state index in [1.54, 1.807) is 0 Å². The standard InChI is InChI=1S/C10H18BrNO2/c1-2-14-7-10(13)12-6-8-3-4-9(11)5-8/h8-9H,2-7H2,1H3,(H,12,13). The summed E-state index contributed by atoms with van der Waals surface area (Å²) < 4.78 is 5.01. The molecule has 1 amide bonds. The molecule has 1 saturated carbocycles. The fourth-order valence-corrected chi connectivity index (χ4v) is 2.50. The van der Waals surface area contributed by atoms with Gasteiger partial charge in [-0.25, -0.2) is 0 Å². The molecule has 0 radical (unpaired) electrons. The number of hydrogen-bond acceptors (Lipinski definition) is 2. The first-order valence-corrected chi connectivity index (χ1v) is 6.12. The predicted octanol–water partition coefficient (Wildman–Crippen LogP) is 1.70. The topological polar surface area (TPSA) is 38.3 Å². The van der Waals surface area contributed by atoms with Crippen molar-refractivity contribution >= 4 is 21.8 Å². The van der Waals surface area contributed by atoms with Crippen LogP contribution in [-0.2, 0) is 9.53 Å². The maximum absolute atomic E-state index is 11.2. The fraction of sp³-hybridized carbons (Fsp3) is 0.900. The first kappa shape index (κ1) is 12.0. The van der Waals surface area contributed by atoms with Crippen LogP contribution in [0.2, 0.25) is 0 Å². The molecule has 0 spiro atoms. The lowest BCUT2D eigenvalue weighted by molar-refractivity contribution is -0.125. The van der Waals surface area contributed by atoms with Crippen molar-refractivity contribution in [3.63, 3.8) is 0 Å². The smallest absolute Gasteiger partial charge is 0.246 e. The van der Waals surface area contributed by atoms with Gasteiger partial charge in [-0.3, -0.25) is 4.79 Å². The third-order valence-corrected chi connectivity index (χ3v) is 3.33. The number of ether oxygens (including phenoxy) is 1. The lowest BCUT2D eigenvalue weighted by Gasteiger charge is -2.10. The molecule has 0 aromatic carbocycles. The second-order valence-electron chi connectivity index (χ2n) is 3.72. The molecule has 1 aliphatic rings. The molecule has 0 heterocycles. The summed E-state index contributed by atoms with van der Waals surface area (Å²) in [6, 6.07) is 0. The van der Waals surface area contributed by atoms with Crippen LogP contribution in [0.5, 0.6) is 0 Å². The van der Waals surface area contributed by atoms with Crippen LogP contribution in [-0.4, -0.2) is 30.5 Å². The number of amides is 1. The molecule has 1 aliphatic carbocycles. The zero-order valence-corrected chi connectivity index (χ0v) is 10.2. The fourth-order valence-electron chi connectivity index (χ4n) is 1.70. The van der Waals surface area contributed by atoms with Gasteiger partial charge in [0.1, 0.15) is 6.61 Å². The van der Waals surface area contributed by atoms with Crippen LogP contribution in [0.25, 0.3) is 0 Å². The molecular formula is C10H18BrNO2. The molecule has 1 fully saturated rings. The van der Waals surface area contributed by atoms with E-state index >= 15 is 0 Å². The van der Waals surface area contributed by atoms with Crippen molar-refractivity contribution in [2.45, 2.75) is 31.0 Å². The second-order valence-corrected chi connectivity index (χ2v) is 5.01. The van der Waals surface area contributed by atoms with E-state index < -0.39 is 0 Å². The van der Waals surface area contributed by atoms with Gasteiger partial charge in [-0.1, -0.05) is 15.9 Å². The molecule has 0 saturated heterocycles. The number of rotatable bonds is 5. The molecule has 1 rings (SSSR count). The first-order valence-electron chi connectivity index (χ1n) is 5.21. The summed E-state index contributed by atoms with van der Waals surface area (Å²) >= 11 is 3.59. The van der Waals surface area contributed by atoms with Gasteiger partial charge in [0.25, 0.3) is 0 Å². The average molecular weight is 264 g/mol. The highest BCUT2D eigenvalue weighted by molar-refractivity contribution is 9.09. The SMILES string of the molecule is CCOCC(=O)NCC1CCC(Br)C1. The van der Waals surface area contributed by atoms with E-state index in [9.17, 15) is 4.79 Å². The monoisotopic (exact) mass is 263 g/mol. The largest absolute Gasteiger partial charge is 0.372 e. The van der Waals surface area contributed by atoms with Gasteiger partial charge in [-0.15, -0.1) is 0 Å². The number of carbonyl (C=O) groups excluding carboxylic acids is 1. The van der Waals surface area contributed by atoms with Crippen LogP contribution in [0.3, 0.4) is 0 Å². The third kappa shape index (κ3) is 4.42. The first-order chi connectivity index (χ1) is 6.72.